The van der Waals surface area contributed by atoms with Gasteiger partial charge >= 0.3 is 0 Å². The van der Waals surface area contributed by atoms with Gasteiger partial charge in [-0.25, -0.2) is 4.39 Å². The fourth-order valence-corrected chi connectivity index (χ4v) is 3.55. The van der Waals surface area contributed by atoms with Crippen molar-refractivity contribution < 1.29 is 23.1 Å². The molecule has 0 aliphatic rings. The van der Waals surface area contributed by atoms with Gasteiger partial charge in [0, 0.05) is 10.9 Å². The quantitative estimate of drug-likeness (QED) is 0.390. The van der Waals surface area contributed by atoms with Gasteiger partial charge in [-0.1, -0.05) is 18.2 Å². The molecule has 0 spiro atoms. The van der Waals surface area contributed by atoms with Gasteiger partial charge in [-0.3, -0.25) is 9.59 Å². The second-order valence-electron chi connectivity index (χ2n) is 7.71. The predicted octanol–water partition coefficient (Wildman–Crippen LogP) is 5.83. The Morgan fingerprint density at radius 1 is 0.969 bits per heavy atom. The number of nitrogens with one attached hydrogen (secondary N) is 1. The Bertz CT molecular complexity index is 1290. The lowest BCUT2D eigenvalue weighted by atomic mass is 10.1. The van der Waals surface area contributed by atoms with E-state index in [2.05, 4.69) is 5.32 Å². The minimum atomic E-state index is -0.821. The molecule has 0 saturated carbocycles. The van der Waals surface area contributed by atoms with E-state index in [4.69, 9.17) is 9.15 Å². The average Bonchev–Trinajstić information content (AvgIpc) is 3.11. The SMILES string of the molecule is Cc1cc(C)cc(OC(C)C(=O)Nc2c(C(=O)c3ccc(F)cc3)oc3ccccc23)c1. The number of benzene rings is 3. The molecule has 4 aromatic rings. The van der Waals surface area contributed by atoms with Gasteiger partial charge in [0.05, 0.1) is 5.69 Å². The van der Waals surface area contributed by atoms with Crippen molar-refractivity contribution in [2.75, 3.05) is 5.32 Å². The molecule has 1 heterocycles. The molecule has 1 unspecified atom stereocenters. The van der Waals surface area contributed by atoms with Gasteiger partial charge < -0.3 is 14.5 Å². The van der Waals surface area contributed by atoms with Crippen molar-refractivity contribution >= 4 is 28.3 Å². The van der Waals surface area contributed by atoms with E-state index in [9.17, 15) is 14.0 Å². The van der Waals surface area contributed by atoms with Crippen molar-refractivity contribution in [3.63, 3.8) is 0 Å². The number of hydrogen-bond donors (Lipinski definition) is 1. The fraction of sp³-hybridized carbons (Fsp3) is 0.154. The number of furan rings is 1. The van der Waals surface area contributed by atoms with E-state index < -0.39 is 23.6 Å². The van der Waals surface area contributed by atoms with Crippen LogP contribution < -0.4 is 10.1 Å². The summed E-state index contributed by atoms with van der Waals surface area (Å²) in [5.74, 6) is -0.769. The third-order valence-electron chi connectivity index (χ3n) is 5.03. The predicted molar refractivity (Wildman–Crippen MR) is 121 cm³/mol. The summed E-state index contributed by atoms with van der Waals surface area (Å²) in [7, 11) is 0. The number of carbonyl (C=O) groups excluding carboxylic acids is 2. The summed E-state index contributed by atoms with van der Waals surface area (Å²) in [6.07, 6.45) is -0.821. The number of aryl methyl sites for hydroxylation is 2. The van der Waals surface area contributed by atoms with E-state index in [0.717, 1.165) is 11.1 Å². The zero-order valence-corrected chi connectivity index (χ0v) is 17.9. The Morgan fingerprint density at radius 2 is 1.62 bits per heavy atom. The number of rotatable bonds is 6. The molecular weight excluding hydrogens is 409 g/mol. The number of carbonyl (C=O) groups is 2. The molecular formula is C26H22FNO4. The summed E-state index contributed by atoms with van der Waals surface area (Å²) < 4.78 is 24.9. The maximum absolute atomic E-state index is 13.3. The molecule has 0 bridgehead atoms. The van der Waals surface area contributed by atoms with Crippen LogP contribution in [0, 0.1) is 19.7 Å². The standard InChI is InChI=1S/C26H22FNO4/c1-15-12-16(2)14-20(13-15)31-17(3)26(30)28-23-21-6-4-5-7-22(21)32-25(23)24(29)18-8-10-19(27)11-9-18/h4-14,17H,1-3H3,(H,28,30). The molecule has 0 saturated heterocycles. The van der Waals surface area contributed by atoms with Gasteiger partial charge in [-0.2, -0.15) is 0 Å². The lowest BCUT2D eigenvalue weighted by Gasteiger charge is -2.16. The number of ether oxygens (including phenoxy) is 1. The van der Waals surface area contributed by atoms with Gasteiger partial charge in [-0.05, 0) is 80.4 Å². The Labute approximate surface area is 184 Å². The molecule has 0 aliphatic carbocycles. The number of amides is 1. The van der Waals surface area contributed by atoms with Gasteiger partial charge in [0.2, 0.25) is 5.78 Å². The second kappa shape index (κ2) is 8.67. The maximum Gasteiger partial charge on any atom is 0.265 e. The molecule has 1 amide bonds. The van der Waals surface area contributed by atoms with Crippen LogP contribution in [0.2, 0.25) is 0 Å². The van der Waals surface area contributed by atoms with Crippen LogP contribution in [0.15, 0.2) is 71.1 Å². The van der Waals surface area contributed by atoms with Crippen LogP contribution in [-0.4, -0.2) is 17.8 Å². The third-order valence-corrected chi connectivity index (χ3v) is 5.03. The molecule has 3 aromatic carbocycles. The highest BCUT2D eigenvalue weighted by atomic mass is 19.1. The van der Waals surface area contributed by atoms with Crippen molar-refractivity contribution in [1.29, 1.82) is 0 Å². The Kier molecular flexibility index (Phi) is 5.77. The first kappa shape index (κ1) is 21.3. The highest BCUT2D eigenvalue weighted by Gasteiger charge is 2.25. The topological polar surface area (TPSA) is 68.5 Å². The third kappa shape index (κ3) is 4.39. The van der Waals surface area contributed by atoms with Gasteiger partial charge in [-0.15, -0.1) is 0 Å². The van der Waals surface area contributed by atoms with Crippen LogP contribution in [0.5, 0.6) is 5.75 Å². The molecule has 6 heteroatoms. The molecule has 5 nitrogen and oxygen atoms in total. The molecule has 4 rings (SSSR count). The number of halogens is 1. The van der Waals surface area contributed by atoms with Crippen LogP contribution in [0.25, 0.3) is 11.0 Å². The summed E-state index contributed by atoms with van der Waals surface area (Å²) in [6, 6.07) is 17.9. The van der Waals surface area contributed by atoms with Gasteiger partial charge in [0.15, 0.2) is 11.9 Å². The first-order chi connectivity index (χ1) is 15.3. The van der Waals surface area contributed by atoms with E-state index in [-0.39, 0.29) is 17.0 Å². The van der Waals surface area contributed by atoms with Gasteiger partial charge in [0.25, 0.3) is 5.91 Å². The number of hydrogen-bond acceptors (Lipinski definition) is 4. The molecule has 1 aromatic heterocycles. The molecule has 32 heavy (non-hydrogen) atoms. The number of ketones is 1. The zero-order chi connectivity index (χ0) is 22.8. The van der Waals surface area contributed by atoms with E-state index in [1.165, 1.54) is 24.3 Å². The summed E-state index contributed by atoms with van der Waals surface area (Å²) in [6.45, 7) is 5.54. The molecule has 162 valence electrons. The van der Waals surface area contributed by atoms with Crippen LogP contribution in [-0.2, 0) is 4.79 Å². The first-order valence-electron chi connectivity index (χ1n) is 10.2. The fourth-order valence-electron chi connectivity index (χ4n) is 3.55. The molecule has 0 aliphatic heterocycles. The number of fused-ring (bicyclic) bond motifs is 1. The Hall–Kier alpha value is -3.93. The van der Waals surface area contributed by atoms with Crippen molar-refractivity contribution in [2.24, 2.45) is 0 Å². The van der Waals surface area contributed by atoms with Crippen molar-refractivity contribution in [3.05, 3.63) is 95.0 Å². The zero-order valence-electron chi connectivity index (χ0n) is 17.9. The average molecular weight is 431 g/mol. The highest BCUT2D eigenvalue weighted by Crippen LogP contribution is 2.33. The summed E-state index contributed by atoms with van der Waals surface area (Å²) >= 11 is 0. The Balaban J connectivity index is 1.64. The molecule has 0 fully saturated rings. The maximum atomic E-state index is 13.3. The monoisotopic (exact) mass is 431 g/mol. The van der Waals surface area contributed by atoms with E-state index in [1.807, 2.05) is 32.0 Å². The summed E-state index contributed by atoms with van der Waals surface area (Å²) in [4.78, 5) is 26.0. The van der Waals surface area contributed by atoms with Crippen molar-refractivity contribution in [2.45, 2.75) is 26.9 Å². The minimum Gasteiger partial charge on any atom is -0.481 e. The van der Waals surface area contributed by atoms with E-state index in [0.29, 0.717) is 16.7 Å². The number of anilines is 1. The van der Waals surface area contributed by atoms with Gasteiger partial charge in [0.1, 0.15) is 17.1 Å². The smallest absolute Gasteiger partial charge is 0.265 e. The lowest BCUT2D eigenvalue weighted by Crippen LogP contribution is -2.30. The van der Waals surface area contributed by atoms with Crippen LogP contribution in [0.4, 0.5) is 10.1 Å². The largest absolute Gasteiger partial charge is 0.481 e. The molecule has 1 atom stereocenters. The van der Waals surface area contributed by atoms with Crippen molar-refractivity contribution in [1.82, 2.24) is 0 Å². The van der Waals surface area contributed by atoms with Crippen LogP contribution >= 0.6 is 0 Å². The molecule has 1 N–H and O–H groups in total. The summed E-state index contributed by atoms with van der Waals surface area (Å²) in [5.41, 5.74) is 3.02. The second-order valence-corrected chi connectivity index (χ2v) is 7.71. The van der Waals surface area contributed by atoms with Crippen molar-refractivity contribution in [3.8, 4) is 5.75 Å². The first-order valence-corrected chi connectivity index (χ1v) is 10.2. The number of para-hydroxylation sites is 1. The van der Waals surface area contributed by atoms with Crippen LogP contribution in [0.1, 0.15) is 34.2 Å². The van der Waals surface area contributed by atoms with E-state index in [1.54, 1.807) is 31.2 Å². The normalized spacial score (nSPS) is 11.9. The minimum absolute atomic E-state index is 0.0234. The lowest BCUT2D eigenvalue weighted by molar-refractivity contribution is -0.122. The highest BCUT2D eigenvalue weighted by molar-refractivity contribution is 6.17. The molecule has 0 radical (unpaired) electrons. The summed E-state index contributed by atoms with van der Waals surface area (Å²) in [5, 5.41) is 3.38. The van der Waals surface area contributed by atoms with E-state index >= 15 is 0 Å². The van der Waals surface area contributed by atoms with Crippen LogP contribution in [0.3, 0.4) is 0 Å². The Morgan fingerprint density at radius 3 is 2.31 bits per heavy atom.